The summed E-state index contributed by atoms with van der Waals surface area (Å²) < 4.78 is 44.8. The fourth-order valence-corrected chi connectivity index (χ4v) is 2.79. The van der Waals surface area contributed by atoms with E-state index in [2.05, 4.69) is 19.9 Å². The minimum absolute atomic E-state index is 0.439. The SMILES string of the molecule is NS(=O)(=O)c1nc2c([nH]1)C(=O)c1[nH]c(S(N)(=O)=O)nc1C2=O. The van der Waals surface area contributed by atoms with Gasteiger partial charge in [0.05, 0.1) is 0 Å². The van der Waals surface area contributed by atoms with Crippen LogP contribution >= 0.6 is 0 Å². The summed E-state index contributed by atoms with van der Waals surface area (Å²) in [6.07, 6.45) is 0. The van der Waals surface area contributed by atoms with Gasteiger partial charge in [0.2, 0.25) is 21.9 Å². The Kier molecular flexibility index (Phi) is 2.68. The number of primary sulfonamides is 2. The third-order valence-corrected chi connectivity index (χ3v) is 4.25. The molecule has 1 aliphatic rings. The molecule has 0 aliphatic heterocycles. The molecule has 22 heavy (non-hydrogen) atoms. The molecule has 0 spiro atoms. The molecule has 0 saturated carbocycles. The summed E-state index contributed by atoms with van der Waals surface area (Å²) >= 11 is 0. The zero-order valence-corrected chi connectivity index (χ0v) is 11.9. The molecule has 0 radical (unpaired) electrons. The monoisotopic (exact) mass is 346 g/mol. The number of hydrogen-bond acceptors (Lipinski definition) is 8. The number of fused-ring (bicyclic) bond motifs is 2. The molecule has 0 fully saturated rings. The molecule has 0 saturated heterocycles. The molecule has 1 aliphatic carbocycles. The Hall–Kier alpha value is -2.42. The predicted octanol–water partition coefficient (Wildman–Crippen LogP) is -2.80. The molecule has 0 bridgehead atoms. The zero-order chi connectivity index (χ0) is 16.4. The molecule has 2 aromatic rings. The van der Waals surface area contributed by atoms with E-state index in [1.165, 1.54) is 0 Å². The number of sulfonamides is 2. The number of aromatic nitrogens is 4. The van der Waals surface area contributed by atoms with Gasteiger partial charge in [-0.25, -0.2) is 37.1 Å². The maximum atomic E-state index is 12.2. The van der Waals surface area contributed by atoms with Gasteiger partial charge in [-0.3, -0.25) is 9.59 Å². The van der Waals surface area contributed by atoms with Crippen molar-refractivity contribution in [2.45, 2.75) is 10.3 Å². The molecule has 12 nitrogen and oxygen atoms in total. The van der Waals surface area contributed by atoms with Gasteiger partial charge in [0.25, 0.3) is 20.0 Å². The van der Waals surface area contributed by atoms with Crippen LogP contribution in [0.3, 0.4) is 0 Å². The lowest BCUT2D eigenvalue weighted by molar-refractivity contribution is 0.0969. The maximum absolute atomic E-state index is 12.2. The van der Waals surface area contributed by atoms with Crippen LogP contribution in [0.1, 0.15) is 32.4 Å². The number of nitrogens with one attached hydrogen (secondary N) is 2. The second-order valence-electron chi connectivity index (χ2n) is 4.28. The van der Waals surface area contributed by atoms with Crippen LogP contribution in [-0.2, 0) is 20.0 Å². The average molecular weight is 346 g/mol. The van der Waals surface area contributed by atoms with E-state index in [0.29, 0.717) is 0 Å². The highest BCUT2D eigenvalue weighted by atomic mass is 32.2. The van der Waals surface area contributed by atoms with Gasteiger partial charge in [0.1, 0.15) is 22.8 Å². The molecule has 116 valence electrons. The summed E-state index contributed by atoms with van der Waals surface area (Å²) in [5.74, 6) is -1.84. The van der Waals surface area contributed by atoms with E-state index in [1.54, 1.807) is 0 Å². The van der Waals surface area contributed by atoms with E-state index in [-0.39, 0.29) is 0 Å². The molecule has 0 atom stereocenters. The van der Waals surface area contributed by atoms with E-state index in [9.17, 15) is 26.4 Å². The second kappa shape index (κ2) is 4.07. The first-order valence-electron chi connectivity index (χ1n) is 5.35. The number of imidazole rings is 2. The summed E-state index contributed by atoms with van der Waals surface area (Å²) in [5.41, 5.74) is -1.92. The third-order valence-electron chi connectivity index (χ3n) is 2.79. The van der Waals surface area contributed by atoms with Crippen molar-refractivity contribution in [2.24, 2.45) is 10.3 Å². The molecule has 0 unspecified atom stereocenters. The summed E-state index contributed by atoms with van der Waals surface area (Å²) in [6, 6.07) is 0. The Morgan fingerprint density at radius 3 is 1.41 bits per heavy atom. The fraction of sp³-hybridized carbons (Fsp3) is 0. The summed E-state index contributed by atoms with van der Waals surface area (Å²) in [4.78, 5) is 35.5. The molecular formula is C8H6N6O6S2. The highest BCUT2D eigenvalue weighted by molar-refractivity contribution is 7.89. The number of hydrogen-bond donors (Lipinski definition) is 4. The first-order chi connectivity index (χ1) is 10.00. The average Bonchev–Trinajstić information content (AvgIpc) is 2.99. The van der Waals surface area contributed by atoms with Crippen molar-refractivity contribution < 1.29 is 26.4 Å². The van der Waals surface area contributed by atoms with Gasteiger partial charge < -0.3 is 9.97 Å². The van der Waals surface area contributed by atoms with E-state index in [0.717, 1.165) is 0 Å². The van der Waals surface area contributed by atoms with Gasteiger partial charge in [-0.2, -0.15) is 0 Å². The van der Waals surface area contributed by atoms with Gasteiger partial charge in [-0.05, 0) is 0 Å². The molecule has 6 N–H and O–H groups in total. The number of carbonyl (C=O) groups is 2. The van der Waals surface area contributed by atoms with E-state index >= 15 is 0 Å². The number of nitrogens with two attached hydrogens (primary N) is 2. The van der Waals surface area contributed by atoms with E-state index in [1.807, 2.05) is 0 Å². The first kappa shape index (κ1) is 14.5. The summed E-state index contributed by atoms with van der Waals surface area (Å²) in [5, 5.41) is 8.18. The highest BCUT2D eigenvalue weighted by Crippen LogP contribution is 2.25. The predicted molar refractivity (Wildman–Crippen MR) is 66.8 cm³/mol. The number of ketones is 2. The molecule has 0 aromatic carbocycles. The van der Waals surface area contributed by atoms with Gasteiger partial charge in [0, 0.05) is 0 Å². The van der Waals surface area contributed by atoms with Gasteiger partial charge in [-0.1, -0.05) is 0 Å². The summed E-state index contributed by atoms with van der Waals surface area (Å²) in [7, 11) is -8.53. The van der Waals surface area contributed by atoms with Crippen LogP contribution in [0, 0.1) is 0 Å². The van der Waals surface area contributed by atoms with Crippen molar-refractivity contribution >= 4 is 31.6 Å². The second-order valence-corrected chi connectivity index (χ2v) is 7.23. The Labute approximate surface area is 122 Å². The molecule has 0 amide bonds. The standard InChI is InChI=1S/C8H6N6O6S2/c9-21(17,18)7-11-1-2(12-7)6(16)4-3(5(1)15)13-8(14-4)22(10,19)20/h(H,11,12)(H,13,14)(H2,9,17,18)(H2,10,19,20). The summed E-state index contributed by atoms with van der Waals surface area (Å²) in [6.45, 7) is 0. The van der Waals surface area contributed by atoms with Crippen molar-refractivity contribution in [1.82, 2.24) is 19.9 Å². The number of H-pyrrole nitrogens is 2. The lowest BCUT2D eigenvalue weighted by Gasteiger charge is -2.05. The molecule has 2 heterocycles. The third kappa shape index (κ3) is 1.97. The minimum Gasteiger partial charge on any atom is -0.324 e. The Bertz CT molecular complexity index is 926. The quantitative estimate of drug-likeness (QED) is 0.379. The normalized spacial score (nSPS) is 14.8. The van der Waals surface area contributed by atoms with Gasteiger partial charge in [0.15, 0.2) is 0 Å². The van der Waals surface area contributed by atoms with E-state index < -0.39 is 64.7 Å². The van der Waals surface area contributed by atoms with Crippen LogP contribution in [0.5, 0.6) is 0 Å². The number of nitrogens with zero attached hydrogens (tertiary/aromatic N) is 2. The maximum Gasteiger partial charge on any atom is 0.271 e. The molecule has 2 aromatic heterocycles. The Morgan fingerprint density at radius 1 is 0.727 bits per heavy atom. The van der Waals surface area contributed by atoms with Gasteiger partial charge in [-0.15, -0.1) is 0 Å². The number of rotatable bonds is 2. The van der Waals surface area contributed by atoms with Crippen molar-refractivity contribution in [3.05, 3.63) is 22.8 Å². The van der Waals surface area contributed by atoms with Crippen LogP contribution in [0.25, 0.3) is 0 Å². The lowest BCUT2D eigenvalue weighted by Crippen LogP contribution is -2.20. The smallest absolute Gasteiger partial charge is 0.271 e. The van der Waals surface area contributed by atoms with Crippen LogP contribution in [0.2, 0.25) is 0 Å². The molecular weight excluding hydrogens is 340 g/mol. The fourth-order valence-electron chi connectivity index (χ4n) is 1.87. The van der Waals surface area contributed by atoms with Crippen LogP contribution < -0.4 is 10.3 Å². The number of carbonyl (C=O) groups excluding carboxylic acids is 2. The zero-order valence-electron chi connectivity index (χ0n) is 10.3. The Balaban J connectivity index is 2.25. The van der Waals surface area contributed by atoms with Crippen molar-refractivity contribution in [3.8, 4) is 0 Å². The largest absolute Gasteiger partial charge is 0.324 e. The van der Waals surface area contributed by atoms with Crippen molar-refractivity contribution in [3.63, 3.8) is 0 Å². The minimum atomic E-state index is -4.26. The Morgan fingerprint density at radius 2 is 1.09 bits per heavy atom. The number of aromatic amines is 2. The first-order valence-corrected chi connectivity index (χ1v) is 8.44. The topological polar surface area (TPSA) is 212 Å². The lowest BCUT2D eigenvalue weighted by atomic mass is 10.00. The van der Waals surface area contributed by atoms with Crippen molar-refractivity contribution in [1.29, 1.82) is 0 Å². The highest BCUT2D eigenvalue weighted by Gasteiger charge is 2.38. The van der Waals surface area contributed by atoms with Crippen LogP contribution in [-0.4, -0.2) is 48.3 Å². The van der Waals surface area contributed by atoms with E-state index in [4.69, 9.17) is 10.3 Å². The van der Waals surface area contributed by atoms with Crippen molar-refractivity contribution in [2.75, 3.05) is 0 Å². The van der Waals surface area contributed by atoms with Crippen LogP contribution in [0.4, 0.5) is 0 Å². The van der Waals surface area contributed by atoms with Gasteiger partial charge >= 0.3 is 0 Å². The molecule has 3 rings (SSSR count). The molecule has 14 heteroatoms. The van der Waals surface area contributed by atoms with Crippen LogP contribution in [0.15, 0.2) is 10.3 Å².